The molecular weight excluding hydrogens is 397 g/mol. The number of hydrogen-bond donors (Lipinski definition) is 0. The van der Waals surface area contributed by atoms with E-state index in [1.807, 2.05) is 36.4 Å². The van der Waals surface area contributed by atoms with Gasteiger partial charge >= 0.3 is 0 Å². The van der Waals surface area contributed by atoms with Crippen LogP contribution in [0.4, 0.5) is 0 Å². The number of hydrogen-bond acceptors (Lipinski definition) is 2. The summed E-state index contributed by atoms with van der Waals surface area (Å²) in [6.07, 6.45) is 0. The van der Waals surface area contributed by atoms with E-state index in [9.17, 15) is 5.26 Å². The van der Waals surface area contributed by atoms with E-state index in [4.69, 9.17) is 11.6 Å². The molecule has 0 atom stereocenters. The SMILES string of the molecule is N#C/C(=C(/Cl)c1cc(Br)c(Br)s1)c1ccccc1. The third kappa shape index (κ3) is 2.86. The molecule has 0 unspecified atom stereocenters. The minimum absolute atomic E-state index is 0.472. The van der Waals surface area contributed by atoms with Crippen molar-refractivity contribution in [2.45, 2.75) is 0 Å². The van der Waals surface area contributed by atoms with Crippen LogP contribution in [0, 0.1) is 11.3 Å². The lowest BCUT2D eigenvalue weighted by Crippen LogP contribution is -1.83. The second-order valence-corrected chi connectivity index (χ2v) is 7.00. The maximum absolute atomic E-state index is 9.28. The quantitative estimate of drug-likeness (QED) is 0.573. The van der Waals surface area contributed by atoms with Gasteiger partial charge in [-0.2, -0.15) is 5.26 Å². The Morgan fingerprint density at radius 2 is 1.89 bits per heavy atom. The van der Waals surface area contributed by atoms with E-state index in [-0.39, 0.29) is 0 Å². The molecule has 0 spiro atoms. The Hall–Kier alpha value is -0.600. The fraction of sp³-hybridized carbons (Fsp3) is 0. The number of nitrogens with zero attached hydrogens (tertiary/aromatic N) is 1. The van der Waals surface area contributed by atoms with E-state index in [1.165, 1.54) is 11.3 Å². The van der Waals surface area contributed by atoms with Crippen LogP contribution < -0.4 is 0 Å². The van der Waals surface area contributed by atoms with E-state index >= 15 is 0 Å². The van der Waals surface area contributed by atoms with Gasteiger partial charge in [-0.25, -0.2) is 0 Å². The van der Waals surface area contributed by atoms with Gasteiger partial charge in [0.25, 0.3) is 0 Å². The Morgan fingerprint density at radius 1 is 1.22 bits per heavy atom. The largest absolute Gasteiger partial charge is 0.192 e. The fourth-order valence-electron chi connectivity index (χ4n) is 1.42. The molecule has 18 heavy (non-hydrogen) atoms. The molecule has 0 bridgehead atoms. The average Bonchev–Trinajstić information content (AvgIpc) is 2.72. The maximum atomic E-state index is 9.28. The van der Waals surface area contributed by atoms with Crippen LogP contribution in [0.1, 0.15) is 10.4 Å². The number of halogens is 3. The van der Waals surface area contributed by atoms with Crippen LogP contribution in [-0.2, 0) is 0 Å². The summed E-state index contributed by atoms with van der Waals surface area (Å²) in [5, 5.41) is 9.75. The molecule has 1 nitrogen and oxygen atoms in total. The van der Waals surface area contributed by atoms with Crippen molar-refractivity contribution in [3.8, 4) is 6.07 Å². The monoisotopic (exact) mass is 401 g/mol. The summed E-state index contributed by atoms with van der Waals surface area (Å²) < 4.78 is 1.90. The zero-order chi connectivity index (χ0) is 13.1. The van der Waals surface area contributed by atoms with Crippen molar-refractivity contribution in [3.63, 3.8) is 0 Å². The predicted octanol–water partition coefficient (Wildman–Crippen LogP) is 5.90. The number of benzene rings is 1. The minimum Gasteiger partial charge on any atom is -0.192 e. The first-order valence-corrected chi connectivity index (χ1v) is 7.72. The molecule has 0 aliphatic carbocycles. The molecule has 0 saturated heterocycles. The van der Waals surface area contributed by atoms with Gasteiger partial charge in [0.1, 0.15) is 6.07 Å². The number of nitriles is 1. The van der Waals surface area contributed by atoms with Crippen molar-refractivity contribution in [3.05, 3.63) is 55.1 Å². The highest BCUT2D eigenvalue weighted by molar-refractivity contribution is 9.13. The van der Waals surface area contributed by atoms with Crippen LogP contribution in [-0.4, -0.2) is 0 Å². The Balaban J connectivity index is 2.55. The van der Waals surface area contributed by atoms with Gasteiger partial charge < -0.3 is 0 Å². The molecule has 90 valence electrons. The smallest absolute Gasteiger partial charge is 0.101 e. The van der Waals surface area contributed by atoms with Gasteiger partial charge in [-0.3, -0.25) is 0 Å². The lowest BCUT2D eigenvalue weighted by molar-refractivity contribution is 1.52. The molecule has 2 aromatic rings. The van der Waals surface area contributed by atoms with Crippen molar-refractivity contribution in [2.75, 3.05) is 0 Å². The molecule has 0 saturated carbocycles. The summed E-state index contributed by atoms with van der Waals surface area (Å²) >= 11 is 14.6. The molecule has 1 aromatic carbocycles. The summed E-state index contributed by atoms with van der Waals surface area (Å²) in [6, 6.07) is 13.5. The van der Waals surface area contributed by atoms with Gasteiger partial charge in [-0.05, 0) is 43.5 Å². The summed E-state index contributed by atoms with van der Waals surface area (Å²) in [6.45, 7) is 0. The van der Waals surface area contributed by atoms with Crippen molar-refractivity contribution < 1.29 is 0 Å². The topological polar surface area (TPSA) is 23.8 Å². The van der Waals surface area contributed by atoms with E-state index < -0.39 is 0 Å². The van der Waals surface area contributed by atoms with E-state index in [0.29, 0.717) is 10.6 Å². The highest BCUT2D eigenvalue weighted by atomic mass is 79.9. The van der Waals surface area contributed by atoms with Gasteiger partial charge in [0.15, 0.2) is 0 Å². The second kappa shape index (κ2) is 6.03. The molecule has 0 amide bonds. The van der Waals surface area contributed by atoms with E-state index in [2.05, 4.69) is 37.9 Å². The molecule has 1 heterocycles. The Labute approximate surface area is 131 Å². The fourth-order valence-corrected chi connectivity index (χ4v) is 3.72. The Morgan fingerprint density at radius 3 is 2.39 bits per heavy atom. The zero-order valence-electron chi connectivity index (χ0n) is 8.95. The first-order valence-electron chi connectivity index (χ1n) is 4.94. The molecular formula is C13H6Br2ClNS. The van der Waals surface area contributed by atoms with Crippen molar-refractivity contribution in [1.82, 2.24) is 0 Å². The average molecular weight is 404 g/mol. The molecule has 0 aliphatic heterocycles. The lowest BCUT2D eigenvalue weighted by atomic mass is 10.1. The lowest BCUT2D eigenvalue weighted by Gasteiger charge is -2.01. The van der Waals surface area contributed by atoms with E-state index in [0.717, 1.165) is 18.7 Å². The van der Waals surface area contributed by atoms with Crippen molar-refractivity contribution in [2.24, 2.45) is 0 Å². The normalized spacial score (nSPS) is 11.9. The summed E-state index contributed by atoms with van der Waals surface area (Å²) in [5.74, 6) is 0. The van der Waals surface area contributed by atoms with Gasteiger partial charge in [-0.1, -0.05) is 41.9 Å². The number of thiophene rings is 1. The molecule has 0 fully saturated rings. The van der Waals surface area contributed by atoms with Crippen LogP contribution >= 0.6 is 54.8 Å². The molecule has 1 aromatic heterocycles. The first kappa shape index (κ1) is 13.8. The van der Waals surface area contributed by atoms with Crippen LogP contribution in [0.5, 0.6) is 0 Å². The van der Waals surface area contributed by atoms with Crippen LogP contribution in [0.25, 0.3) is 10.6 Å². The van der Waals surface area contributed by atoms with Crippen LogP contribution in [0.15, 0.2) is 44.7 Å². The van der Waals surface area contributed by atoms with Crippen LogP contribution in [0.3, 0.4) is 0 Å². The van der Waals surface area contributed by atoms with Gasteiger partial charge in [-0.15, -0.1) is 11.3 Å². The summed E-state index contributed by atoms with van der Waals surface area (Å²) in [5.41, 5.74) is 1.31. The Bertz CT molecular complexity index is 621. The molecule has 0 aliphatic rings. The molecule has 5 heteroatoms. The highest BCUT2D eigenvalue weighted by Crippen LogP contribution is 2.39. The summed E-state index contributed by atoms with van der Waals surface area (Å²) in [4.78, 5) is 0.857. The van der Waals surface area contributed by atoms with Gasteiger partial charge in [0.2, 0.25) is 0 Å². The number of rotatable bonds is 2. The highest BCUT2D eigenvalue weighted by Gasteiger charge is 2.13. The van der Waals surface area contributed by atoms with Crippen molar-refractivity contribution >= 4 is 65.4 Å². The predicted molar refractivity (Wildman–Crippen MR) is 84.4 cm³/mol. The van der Waals surface area contributed by atoms with Gasteiger partial charge in [0, 0.05) is 9.35 Å². The molecule has 0 radical (unpaired) electrons. The minimum atomic E-state index is 0.472. The standard InChI is InChI=1S/C13H6Br2ClNS/c14-10-6-11(18-13(10)15)12(16)9(7-17)8-4-2-1-3-5-8/h1-6H/b12-9-. The third-order valence-electron chi connectivity index (χ3n) is 2.26. The second-order valence-electron chi connectivity index (χ2n) is 3.40. The maximum Gasteiger partial charge on any atom is 0.101 e. The van der Waals surface area contributed by atoms with Crippen LogP contribution in [0.2, 0.25) is 0 Å². The first-order chi connectivity index (χ1) is 8.63. The molecule has 0 N–H and O–H groups in total. The zero-order valence-corrected chi connectivity index (χ0v) is 13.7. The van der Waals surface area contributed by atoms with E-state index in [1.54, 1.807) is 0 Å². The molecule has 2 rings (SSSR count). The number of allylic oxidation sites excluding steroid dienone is 1. The Kier molecular flexibility index (Phi) is 4.63. The van der Waals surface area contributed by atoms with Crippen molar-refractivity contribution in [1.29, 1.82) is 5.26 Å². The van der Waals surface area contributed by atoms with Gasteiger partial charge in [0.05, 0.1) is 14.4 Å². The third-order valence-corrected chi connectivity index (χ3v) is 6.03. The summed E-state index contributed by atoms with van der Waals surface area (Å²) in [7, 11) is 0.